The van der Waals surface area contributed by atoms with Gasteiger partial charge in [-0.05, 0) is 68.4 Å². The van der Waals surface area contributed by atoms with Gasteiger partial charge in [-0.15, -0.1) is 0 Å². The number of nitrogens with two attached hydrogens (primary N) is 1. The Hall–Kier alpha value is -5.16. The number of amides is 3. The van der Waals surface area contributed by atoms with E-state index in [9.17, 15) is 9.59 Å². The molecule has 11 nitrogen and oxygen atoms in total. The third-order valence-corrected chi connectivity index (χ3v) is 7.03. The van der Waals surface area contributed by atoms with Crippen LogP contribution in [0.5, 0.6) is 11.6 Å². The second-order valence-corrected chi connectivity index (χ2v) is 10.2. The van der Waals surface area contributed by atoms with Crippen LogP contribution in [-0.2, 0) is 0 Å². The summed E-state index contributed by atoms with van der Waals surface area (Å²) in [7, 11) is 2.13. The molecular weight excluding hydrogens is 532 g/mol. The van der Waals surface area contributed by atoms with E-state index in [-0.39, 0.29) is 17.4 Å². The fraction of sp³-hybridized carbons (Fsp3) is 0.226. The van der Waals surface area contributed by atoms with Crippen molar-refractivity contribution in [3.63, 3.8) is 0 Å². The Balaban J connectivity index is 1.41. The molecule has 0 bridgehead atoms. The summed E-state index contributed by atoms with van der Waals surface area (Å²) < 4.78 is 6.08. The summed E-state index contributed by atoms with van der Waals surface area (Å²) >= 11 is 0. The molecule has 0 radical (unpaired) electrons. The third kappa shape index (κ3) is 6.94. The number of rotatable bonds is 8. The Kier molecular flexibility index (Phi) is 8.49. The third-order valence-electron chi connectivity index (χ3n) is 7.03. The molecule has 5 N–H and O–H groups in total. The maximum Gasteiger partial charge on any atom is 0.316 e. The van der Waals surface area contributed by atoms with Crippen LogP contribution in [0.4, 0.5) is 33.5 Å². The highest BCUT2D eigenvalue weighted by Crippen LogP contribution is 2.29. The molecule has 5 rings (SSSR count). The van der Waals surface area contributed by atoms with E-state index in [1.807, 2.05) is 44.2 Å². The molecule has 0 unspecified atom stereocenters. The quantitative estimate of drug-likeness (QED) is 0.231. The fourth-order valence-corrected chi connectivity index (χ4v) is 4.69. The van der Waals surface area contributed by atoms with Crippen LogP contribution in [-0.4, -0.2) is 60.0 Å². The first-order valence-electron chi connectivity index (χ1n) is 13.6. The number of aromatic nitrogens is 2. The monoisotopic (exact) mass is 566 g/mol. The van der Waals surface area contributed by atoms with Crippen molar-refractivity contribution in [1.29, 1.82) is 0 Å². The fourth-order valence-electron chi connectivity index (χ4n) is 4.69. The van der Waals surface area contributed by atoms with Crippen molar-refractivity contribution in [2.75, 3.05) is 54.1 Å². The number of urea groups is 1. The number of hydrogen-bond acceptors (Lipinski definition) is 8. The Bertz CT molecular complexity index is 1560. The molecule has 1 saturated heterocycles. The van der Waals surface area contributed by atoms with Crippen molar-refractivity contribution in [2.45, 2.75) is 13.8 Å². The first-order chi connectivity index (χ1) is 20.2. The normalized spacial score (nSPS) is 13.4. The minimum Gasteiger partial charge on any atom is -0.438 e. The molecule has 0 aliphatic carbocycles. The minimum absolute atomic E-state index is 0.0431. The van der Waals surface area contributed by atoms with Gasteiger partial charge in [0.2, 0.25) is 11.8 Å². The van der Waals surface area contributed by atoms with Gasteiger partial charge in [0.05, 0.1) is 0 Å². The lowest BCUT2D eigenvalue weighted by molar-refractivity contribution is 0.102. The zero-order chi connectivity index (χ0) is 29.6. The predicted octanol–water partition coefficient (Wildman–Crippen LogP) is 5.12. The van der Waals surface area contributed by atoms with Crippen molar-refractivity contribution in [3.8, 4) is 11.6 Å². The molecule has 3 amide bonds. The number of nitrogens with zero attached hydrogens (tertiary/aromatic N) is 4. The van der Waals surface area contributed by atoms with Gasteiger partial charge in [-0.25, -0.2) is 9.78 Å². The Morgan fingerprint density at radius 3 is 2.26 bits per heavy atom. The van der Waals surface area contributed by atoms with Crippen LogP contribution in [0.2, 0.25) is 0 Å². The Morgan fingerprint density at radius 1 is 0.881 bits per heavy atom. The first kappa shape index (κ1) is 28.4. The molecule has 0 saturated carbocycles. The van der Waals surface area contributed by atoms with Crippen molar-refractivity contribution in [3.05, 3.63) is 89.6 Å². The summed E-state index contributed by atoms with van der Waals surface area (Å²) in [5.41, 5.74) is 10.4. The standard InChI is InChI=1S/C31H34N8O3/c1-20-6-4-7-21(2)27(20)36-28(40)26-19-33-31(37-29(26)42-25-9-5-8-23(18-25)34-30(32)41)35-22-10-12-24(13-11-22)39-16-14-38(3)15-17-39/h4-13,18-19H,14-17H2,1-3H3,(H,36,40)(H3,32,34,41)(H,33,35,37). The van der Waals surface area contributed by atoms with Crippen LogP contribution >= 0.6 is 0 Å². The minimum atomic E-state index is -0.701. The highest BCUT2D eigenvalue weighted by molar-refractivity contribution is 6.06. The van der Waals surface area contributed by atoms with Crippen LogP contribution in [0.1, 0.15) is 21.5 Å². The number of aryl methyl sites for hydroxylation is 2. The molecule has 11 heteroatoms. The zero-order valence-corrected chi connectivity index (χ0v) is 23.8. The van der Waals surface area contributed by atoms with E-state index in [4.69, 9.17) is 10.5 Å². The zero-order valence-electron chi connectivity index (χ0n) is 23.8. The molecule has 0 spiro atoms. The van der Waals surface area contributed by atoms with E-state index < -0.39 is 11.9 Å². The number of benzene rings is 3. The Morgan fingerprint density at radius 2 is 1.57 bits per heavy atom. The lowest BCUT2D eigenvalue weighted by atomic mass is 10.1. The van der Waals surface area contributed by atoms with Crippen LogP contribution < -0.4 is 31.3 Å². The number of carbonyl (C=O) groups is 2. The average Bonchev–Trinajstić information content (AvgIpc) is 2.96. The highest BCUT2D eigenvalue weighted by Gasteiger charge is 2.20. The van der Waals surface area contributed by atoms with Gasteiger partial charge in [0.1, 0.15) is 11.3 Å². The average molecular weight is 567 g/mol. The van der Waals surface area contributed by atoms with Gasteiger partial charge in [0.25, 0.3) is 5.91 Å². The number of anilines is 5. The second kappa shape index (κ2) is 12.6. The molecule has 1 fully saturated rings. The summed E-state index contributed by atoms with van der Waals surface area (Å²) in [6.45, 7) is 7.87. The van der Waals surface area contributed by atoms with Crippen LogP contribution in [0.15, 0.2) is 72.9 Å². The molecule has 3 aromatic carbocycles. The molecule has 1 aliphatic rings. The molecule has 216 valence electrons. The smallest absolute Gasteiger partial charge is 0.316 e. The van der Waals surface area contributed by atoms with E-state index in [2.05, 4.69) is 54.9 Å². The van der Waals surface area contributed by atoms with Gasteiger partial charge in [-0.2, -0.15) is 4.98 Å². The lowest BCUT2D eigenvalue weighted by Crippen LogP contribution is -2.44. The van der Waals surface area contributed by atoms with E-state index in [0.29, 0.717) is 17.1 Å². The second-order valence-electron chi connectivity index (χ2n) is 10.2. The molecule has 4 aromatic rings. The molecule has 2 heterocycles. The molecule has 1 aliphatic heterocycles. The van der Waals surface area contributed by atoms with Gasteiger partial charge in [-0.3, -0.25) is 4.79 Å². The number of carbonyl (C=O) groups excluding carboxylic acids is 2. The van der Waals surface area contributed by atoms with Gasteiger partial charge in [-0.1, -0.05) is 24.3 Å². The van der Waals surface area contributed by atoms with Gasteiger partial charge in [0.15, 0.2) is 0 Å². The summed E-state index contributed by atoms with van der Waals surface area (Å²) in [5.74, 6) is 0.231. The van der Waals surface area contributed by atoms with E-state index in [0.717, 1.165) is 48.7 Å². The number of ether oxygens (including phenoxy) is 1. The summed E-state index contributed by atoms with van der Waals surface area (Å²) in [5, 5.41) is 8.69. The molecule has 0 atom stereocenters. The largest absolute Gasteiger partial charge is 0.438 e. The Labute approximate surface area is 244 Å². The molecule has 42 heavy (non-hydrogen) atoms. The number of primary amides is 1. The van der Waals surface area contributed by atoms with E-state index in [1.54, 1.807) is 24.3 Å². The number of piperazine rings is 1. The van der Waals surface area contributed by atoms with Crippen molar-refractivity contribution >= 4 is 40.6 Å². The van der Waals surface area contributed by atoms with Crippen molar-refractivity contribution in [1.82, 2.24) is 14.9 Å². The molecular formula is C31H34N8O3. The maximum absolute atomic E-state index is 13.4. The summed E-state index contributed by atoms with van der Waals surface area (Å²) in [6, 6.07) is 19.8. The van der Waals surface area contributed by atoms with E-state index in [1.165, 1.54) is 6.20 Å². The van der Waals surface area contributed by atoms with Gasteiger partial charge in [0, 0.05) is 61.2 Å². The van der Waals surface area contributed by atoms with Gasteiger partial charge < -0.3 is 36.2 Å². The van der Waals surface area contributed by atoms with Gasteiger partial charge >= 0.3 is 6.03 Å². The summed E-state index contributed by atoms with van der Waals surface area (Å²) in [6.07, 6.45) is 1.43. The summed E-state index contributed by atoms with van der Waals surface area (Å²) in [4.78, 5) is 38.4. The number of para-hydroxylation sites is 1. The number of hydrogen-bond donors (Lipinski definition) is 4. The highest BCUT2D eigenvalue weighted by atomic mass is 16.5. The van der Waals surface area contributed by atoms with Crippen molar-refractivity contribution < 1.29 is 14.3 Å². The van der Waals surface area contributed by atoms with Crippen LogP contribution in [0.3, 0.4) is 0 Å². The lowest BCUT2D eigenvalue weighted by Gasteiger charge is -2.34. The van der Waals surface area contributed by atoms with Crippen LogP contribution in [0, 0.1) is 13.8 Å². The van der Waals surface area contributed by atoms with E-state index >= 15 is 0 Å². The number of likely N-dealkylation sites (N-methyl/N-ethyl adjacent to an activating group) is 1. The molecule has 1 aromatic heterocycles. The first-order valence-corrected chi connectivity index (χ1v) is 13.6. The predicted molar refractivity (Wildman–Crippen MR) is 165 cm³/mol. The SMILES string of the molecule is Cc1cccc(C)c1NC(=O)c1cnc(Nc2ccc(N3CCN(C)CC3)cc2)nc1Oc1cccc(NC(N)=O)c1. The maximum atomic E-state index is 13.4. The topological polar surface area (TPSA) is 138 Å². The number of nitrogens with one attached hydrogen (secondary N) is 3. The van der Waals surface area contributed by atoms with Crippen molar-refractivity contribution in [2.24, 2.45) is 5.73 Å². The van der Waals surface area contributed by atoms with Crippen LogP contribution in [0.25, 0.3) is 0 Å².